The summed E-state index contributed by atoms with van der Waals surface area (Å²) >= 11 is 0. The number of aromatic amines is 1. The quantitative estimate of drug-likeness (QED) is 0.754. The lowest BCUT2D eigenvalue weighted by molar-refractivity contribution is 0.940. The van der Waals surface area contributed by atoms with Crippen molar-refractivity contribution in [2.45, 2.75) is 0 Å². The van der Waals surface area contributed by atoms with Crippen molar-refractivity contribution in [3.05, 3.63) is 90.8 Å². The molecule has 1 N–H and O–H groups in total. The van der Waals surface area contributed by atoms with Gasteiger partial charge in [0, 0.05) is 6.20 Å². The number of hydrogen-bond acceptors (Lipinski definition) is 2. The zero-order chi connectivity index (χ0) is 13.3. The zero-order valence-electron chi connectivity index (χ0n) is 10.5. The molecule has 0 aliphatic carbocycles. The molecule has 2 aromatic carbocycles. The number of hydrogen-bond donors (Lipinski definition) is 1. The predicted octanol–water partition coefficient (Wildman–Crippen LogP) is 3.55. The predicted molar refractivity (Wildman–Crippen MR) is 77.4 cm³/mol. The lowest BCUT2D eigenvalue weighted by atomic mass is 10.0. The maximum absolute atomic E-state index is 4.10. The number of nitrogens with one attached hydrogen (secondary N) is 1. The summed E-state index contributed by atoms with van der Waals surface area (Å²) in [6, 6.07) is 20.5. The maximum atomic E-state index is 4.10. The van der Waals surface area contributed by atoms with E-state index in [1.807, 2.05) is 36.4 Å². The van der Waals surface area contributed by atoms with Gasteiger partial charge in [-0.05, 0) is 16.7 Å². The van der Waals surface area contributed by atoms with Gasteiger partial charge >= 0.3 is 0 Å². The second-order valence-electron chi connectivity index (χ2n) is 3.87. The van der Waals surface area contributed by atoms with Crippen LogP contribution in [0.1, 0.15) is 11.1 Å². The van der Waals surface area contributed by atoms with Gasteiger partial charge in [0.1, 0.15) is 0 Å². The van der Waals surface area contributed by atoms with Crippen molar-refractivity contribution in [2.24, 2.45) is 0 Å². The largest absolute Gasteiger partial charge is 0.266 e. The Bertz CT molecular complexity index is 528. The van der Waals surface area contributed by atoms with E-state index < -0.39 is 0 Å². The molecule has 0 saturated carbocycles. The Morgan fingerprint density at radius 1 is 0.842 bits per heavy atom. The lowest BCUT2D eigenvalue weighted by Gasteiger charge is -2.04. The van der Waals surface area contributed by atoms with E-state index in [0.717, 1.165) is 5.57 Å². The maximum Gasteiger partial charge on any atom is 0.0690 e. The molecule has 3 nitrogen and oxygen atoms in total. The number of nitrogens with zero attached hydrogens (tertiary/aromatic N) is 2. The summed E-state index contributed by atoms with van der Waals surface area (Å²) in [6.07, 6.45) is 3.24. The van der Waals surface area contributed by atoms with E-state index in [0.29, 0.717) is 0 Å². The SMILES string of the molecule is C=C(c1ccccc1)c1ccccc1.c1c[nH]nn1. The van der Waals surface area contributed by atoms with Gasteiger partial charge < -0.3 is 0 Å². The number of aromatic nitrogens is 3. The molecule has 0 atom stereocenters. The third kappa shape index (κ3) is 3.92. The topological polar surface area (TPSA) is 41.6 Å². The van der Waals surface area contributed by atoms with Crippen molar-refractivity contribution in [1.29, 1.82) is 0 Å². The molecule has 0 spiro atoms. The second-order valence-corrected chi connectivity index (χ2v) is 3.87. The van der Waals surface area contributed by atoms with E-state index in [2.05, 4.69) is 46.3 Å². The van der Waals surface area contributed by atoms with Crippen LogP contribution in [0.5, 0.6) is 0 Å². The van der Waals surface area contributed by atoms with Crippen LogP contribution in [0.4, 0.5) is 0 Å². The molecule has 0 amide bonds. The van der Waals surface area contributed by atoms with Crippen molar-refractivity contribution in [1.82, 2.24) is 15.4 Å². The molecule has 1 heterocycles. The highest BCUT2D eigenvalue weighted by Gasteiger charge is 1.99. The average molecular weight is 249 g/mol. The number of rotatable bonds is 2. The molecule has 19 heavy (non-hydrogen) atoms. The Hall–Kier alpha value is -2.68. The van der Waals surface area contributed by atoms with Crippen LogP contribution in [0, 0.1) is 0 Å². The molecule has 3 aromatic rings. The van der Waals surface area contributed by atoms with Crippen LogP contribution < -0.4 is 0 Å². The van der Waals surface area contributed by atoms with Gasteiger partial charge in [0.25, 0.3) is 0 Å². The van der Waals surface area contributed by atoms with E-state index in [1.165, 1.54) is 11.1 Å². The normalized spacial score (nSPS) is 9.26. The van der Waals surface area contributed by atoms with Gasteiger partial charge in [-0.3, -0.25) is 5.10 Å². The van der Waals surface area contributed by atoms with Crippen molar-refractivity contribution >= 4 is 5.57 Å². The third-order valence-electron chi connectivity index (χ3n) is 2.58. The summed E-state index contributed by atoms with van der Waals surface area (Å²) in [7, 11) is 0. The van der Waals surface area contributed by atoms with Gasteiger partial charge in [-0.15, -0.1) is 5.10 Å². The smallest absolute Gasteiger partial charge is 0.0690 e. The first-order valence-corrected chi connectivity index (χ1v) is 5.98. The molecule has 0 radical (unpaired) electrons. The Labute approximate surface area is 112 Å². The molecule has 0 aliphatic rings. The molecule has 94 valence electrons. The summed E-state index contributed by atoms with van der Waals surface area (Å²) in [5.74, 6) is 0. The molecular formula is C16H15N3. The molecule has 3 rings (SSSR count). The molecule has 0 saturated heterocycles. The van der Waals surface area contributed by atoms with Crippen molar-refractivity contribution < 1.29 is 0 Å². The van der Waals surface area contributed by atoms with Gasteiger partial charge in [-0.1, -0.05) is 72.5 Å². The Morgan fingerprint density at radius 3 is 1.68 bits per heavy atom. The second kappa shape index (κ2) is 6.91. The van der Waals surface area contributed by atoms with Crippen molar-refractivity contribution in [3.63, 3.8) is 0 Å². The first-order chi connectivity index (χ1) is 9.38. The van der Waals surface area contributed by atoms with E-state index in [1.54, 1.807) is 12.4 Å². The van der Waals surface area contributed by atoms with Crippen molar-refractivity contribution in [2.75, 3.05) is 0 Å². The highest BCUT2D eigenvalue weighted by molar-refractivity contribution is 5.77. The summed E-state index contributed by atoms with van der Waals surface area (Å²) in [6.45, 7) is 4.10. The summed E-state index contributed by atoms with van der Waals surface area (Å²) < 4.78 is 0. The molecule has 1 aromatic heterocycles. The summed E-state index contributed by atoms with van der Waals surface area (Å²) in [5.41, 5.74) is 3.43. The Morgan fingerprint density at radius 2 is 1.37 bits per heavy atom. The van der Waals surface area contributed by atoms with Gasteiger partial charge in [0.2, 0.25) is 0 Å². The van der Waals surface area contributed by atoms with Gasteiger partial charge in [0.05, 0.1) is 6.20 Å². The van der Waals surface area contributed by atoms with Crippen LogP contribution in [-0.2, 0) is 0 Å². The first-order valence-electron chi connectivity index (χ1n) is 5.98. The Kier molecular flexibility index (Phi) is 4.64. The van der Waals surface area contributed by atoms with Gasteiger partial charge in [-0.2, -0.15) is 0 Å². The van der Waals surface area contributed by atoms with Crippen molar-refractivity contribution in [3.8, 4) is 0 Å². The van der Waals surface area contributed by atoms with E-state index in [-0.39, 0.29) is 0 Å². The highest BCUT2D eigenvalue weighted by Crippen LogP contribution is 2.20. The Balaban J connectivity index is 0.000000224. The van der Waals surface area contributed by atoms with Crippen LogP contribution in [0.2, 0.25) is 0 Å². The minimum absolute atomic E-state index is 1.08. The molecular weight excluding hydrogens is 234 g/mol. The van der Waals surface area contributed by atoms with Gasteiger partial charge in [-0.25, -0.2) is 0 Å². The zero-order valence-corrected chi connectivity index (χ0v) is 10.5. The average Bonchev–Trinajstić information content (AvgIpc) is 3.08. The van der Waals surface area contributed by atoms with Crippen LogP contribution in [0.3, 0.4) is 0 Å². The number of H-pyrrole nitrogens is 1. The molecule has 0 fully saturated rings. The van der Waals surface area contributed by atoms with Gasteiger partial charge in [0.15, 0.2) is 0 Å². The fourth-order valence-electron chi connectivity index (χ4n) is 1.61. The fraction of sp³-hybridized carbons (Fsp3) is 0. The summed E-state index contributed by atoms with van der Waals surface area (Å²) in [5, 5.41) is 9.26. The highest BCUT2D eigenvalue weighted by atomic mass is 15.3. The molecule has 0 unspecified atom stereocenters. The molecule has 0 aliphatic heterocycles. The number of benzene rings is 2. The summed E-state index contributed by atoms with van der Waals surface area (Å²) in [4.78, 5) is 0. The lowest BCUT2D eigenvalue weighted by Crippen LogP contribution is -1.84. The van der Waals surface area contributed by atoms with E-state index >= 15 is 0 Å². The minimum Gasteiger partial charge on any atom is -0.266 e. The molecule has 0 bridgehead atoms. The molecule has 3 heteroatoms. The van der Waals surface area contributed by atoms with Crippen LogP contribution >= 0.6 is 0 Å². The monoisotopic (exact) mass is 249 g/mol. The standard InChI is InChI=1S/C14H12.C2H3N3/c1-12(13-8-4-2-5-9-13)14-10-6-3-7-11-14;1-2-4-5-3-1/h2-11H,1H2;1-2H,(H,3,4,5). The van der Waals surface area contributed by atoms with Crippen LogP contribution in [0.25, 0.3) is 5.57 Å². The first kappa shape index (κ1) is 12.8. The third-order valence-corrected chi connectivity index (χ3v) is 2.58. The van der Waals surface area contributed by atoms with E-state index in [4.69, 9.17) is 0 Å². The fourth-order valence-corrected chi connectivity index (χ4v) is 1.61. The van der Waals surface area contributed by atoms with Crippen LogP contribution in [-0.4, -0.2) is 15.4 Å². The van der Waals surface area contributed by atoms with E-state index in [9.17, 15) is 0 Å². The minimum atomic E-state index is 1.08. The van der Waals surface area contributed by atoms with Crippen LogP contribution in [0.15, 0.2) is 79.6 Å².